The van der Waals surface area contributed by atoms with Gasteiger partial charge in [-0.3, -0.25) is 4.79 Å². The van der Waals surface area contributed by atoms with Crippen LogP contribution in [0.1, 0.15) is 24.0 Å². The summed E-state index contributed by atoms with van der Waals surface area (Å²) < 4.78 is 0. The average molecular weight is 267 g/mol. The van der Waals surface area contributed by atoms with Gasteiger partial charge in [-0.05, 0) is 50.9 Å². The van der Waals surface area contributed by atoms with Crippen molar-refractivity contribution in [3.05, 3.63) is 28.3 Å². The molecule has 1 fully saturated rings. The van der Waals surface area contributed by atoms with Crippen LogP contribution < -0.4 is 10.6 Å². The summed E-state index contributed by atoms with van der Waals surface area (Å²) in [5, 5.41) is 6.68. The van der Waals surface area contributed by atoms with Gasteiger partial charge in [-0.25, -0.2) is 0 Å². The predicted octanol–water partition coefficient (Wildman–Crippen LogP) is 2.89. The molecule has 1 aromatic carbocycles. The number of hydrogen-bond acceptors (Lipinski definition) is 2. The first kappa shape index (κ1) is 13.4. The summed E-state index contributed by atoms with van der Waals surface area (Å²) in [5.41, 5.74) is 2.63. The Hall–Kier alpha value is -1.06. The van der Waals surface area contributed by atoms with Gasteiger partial charge in [0, 0.05) is 6.54 Å². The highest BCUT2D eigenvalue weighted by Gasteiger charge is 2.49. The van der Waals surface area contributed by atoms with E-state index in [4.69, 9.17) is 11.6 Å². The summed E-state index contributed by atoms with van der Waals surface area (Å²) >= 11 is 6.20. The van der Waals surface area contributed by atoms with Crippen LogP contribution in [0.25, 0.3) is 0 Å². The second-order valence-electron chi connectivity index (χ2n) is 5.20. The largest absolute Gasteiger partial charge is 0.324 e. The number of nitrogens with one attached hydrogen (secondary N) is 2. The minimum absolute atomic E-state index is 0.0747. The molecule has 0 saturated heterocycles. The zero-order valence-corrected chi connectivity index (χ0v) is 11.8. The Labute approximate surface area is 113 Å². The number of rotatable bonds is 4. The summed E-state index contributed by atoms with van der Waals surface area (Å²) in [6.07, 6.45) is 1.89. The molecule has 1 amide bonds. The molecule has 2 rings (SSSR count). The molecular weight excluding hydrogens is 248 g/mol. The Bertz CT molecular complexity index is 458. The summed E-state index contributed by atoms with van der Waals surface area (Å²) in [6, 6.07) is 3.90. The molecule has 1 aliphatic carbocycles. The van der Waals surface area contributed by atoms with Crippen LogP contribution in [0.5, 0.6) is 0 Å². The van der Waals surface area contributed by atoms with E-state index in [1.807, 2.05) is 33.0 Å². The predicted molar refractivity (Wildman–Crippen MR) is 75.1 cm³/mol. The monoisotopic (exact) mass is 266 g/mol. The Morgan fingerprint density at radius 1 is 1.39 bits per heavy atom. The van der Waals surface area contributed by atoms with Crippen LogP contribution in [0, 0.1) is 19.3 Å². The van der Waals surface area contributed by atoms with E-state index in [-0.39, 0.29) is 11.3 Å². The van der Waals surface area contributed by atoms with Crippen molar-refractivity contribution in [2.45, 2.75) is 26.7 Å². The Kier molecular flexibility index (Phi) is 3.64. The molecule has 1 saturated carbocycles. The highest BCUT2D eigenvalue weighted by atomic mass is 35.5. The van der Waals surface area contributed by atoms with Gasteiger partial charge in [0.1, 0.15) is 0 Å². The van der Waals surface area contributed by atoms with Gasteiger partial charge in [-0.1, -0.05) is 17.7 Å². The van der Waals surface area contributed by atoms with Gasteiger partial charge in [0.05, 0.1) is 16.1 Å². The molecule has 4 heteroatoms. The minimum Gasteiger partial charge on any atom is -0.324 e. The molecule has 1 aliphatic rings. The molecule has 98 valence electrons. The van der Waals surface area contributed by atoms with Crippen LogP contribution in [0.4, 0.5) is 5.69 Å². The maximum Gasteiger partial charge on any atom is 0.231 e. The Morgan fingerprint density at radius 3 is 2.56 bits per heavy atom. The zero-order valence-electron chi connectivity index (χ0n) is 11.1. The Balaban J connectivity index is 2.17. The van der Waals surface area contributed by atoms with Crippen molar-refractivity contribution in [3.63, 3.8) is 0 Å². The normalized spacial score (nSPS) is 16.4. The lowest BCUT2D eigenvalue weighted by molar-refractivity contribution is -0.120. The van der Waals surface area contributed by atoms with Gasteiger partial charge < -0.3 is 10.6 Å². The average Bonchev–Trinajstić information content (AvgIpc) is 3.04. The third kappa shape index (κ3) is 2.52. The van der Waals surface area contributed by atoms with Crippen molar-refractivity contribution >= 4 is 23.2 Å². The third-order valence-corrected chi connectivity index (χ3v) is 3.82. The molecule has 1 aromatic rings. The molecule has 0 atom stereocenters. The number of carbonyl (C=O) groups excluding carboxylic acids is 1. The molecule has 0 heterocycles. The standard InChI is InChI=1S/C14H19ClN2O/c1-9-6-10(2)12(11(15)7-9)17-13(18)14(4-5-14)8-16-3/h6-7,16H,4-5,8H2,1-3H3,(H,17,18). The molecular formula is C14H19ClN2O. The van der Waals surface area contributed by atoms with Gasteiger partial charge in [0.25, 0.3) is 0 Å². The molecule has 18 heavy (non-hydrogen) atoms. The van der Waals surface area contributed by atoms with Gasteiger partial charge in [0.2, 0.25) is 5.91 Å². The van der Waals surface area contributed by atoms with E-state index in [1.54, 1.807) is 0 Å². The van der Waals surface area contributed by atoms with E-state index in [0.717, 1.165) is 36.2 Å². The molecule has 0 radical (unpaired) electrons. The number of anilines is 1. The maximum absolute atomic E-state index is 12.3. The van der Waals surface area contributed by atoms with E-state index < -0.39 is 0 Å². The minimum atomic E-state index is -0.227. The number of benzene rings is 1. The smallest absolute Gasteiger partial charge is 0.231 e. The second kappa shape index (κ2) is 4.90. The maximum atomic E-state index is 12.3. The first-order chi connectivity index (χ1) is 8.48. The van der Waals surface area contributed by atoms with E-state index >= 15 is 0 Å². The molecule has 3 nitrogen and oxygen atoms in total. The molecule has 2 N–H and O–H groups in total. The SMILES string of the molecule is CNCC1(C(=O)Nc2c(C)cc(C)cc2Cl)CC1. The van der Waals surface area contributed by atoms with Crippen LogP contribution >= 0.6 is 11.6 Å². The highest BCUT2D eigenvalue weighted by Crippen LogP contribution is 2.46. The quantitative estimate of drug-likeness (QED) is 0.880. The van der Waals surface area contributed by atoms with Crippen LogP contribution in [0.2, 0.25) is 5.02 Å². The van der Waals surface area contributed by atoms with Crippen LogP contribution in [0.15, 0.2) is 12.1 Å². The van der Waals surface area contributed by atoms with Gasteiger partial charge in [0.15, 0.2) is 0 Å². The highest BCUT2D eigenvalue weighted by molar-refractivity contribution is 6.34. The fourth-order valence-electron chi connectivity index (χ4n) is 2.29. The Morgan fingerprint density at radius 2 is 2.06 bits per heavy atom. The summed E-state index contributed by atoms with van der Waals surface area (Å²) in [4.78, 5) is 12.3. The molecule has 0 bridgehead atoms. The molecule has 0 spiro atoms. The van der Waals surface area contributed by atoms with Crippen molar-refractivity contribution in [1.29, 1.82) is 0 Å². The van der Waals surface area contributed by atoms with Crippen molar-refractivity contribution < 1.29 is 4.79 Å². The fraction of sp³-hybridized carbons (Fsp3) is 0.500. The van der Waals surface area contributed by atoms with E-state index in [1.165, 1.54) is 0 Å². The van der Waals surface area contributed by atoms with Crippen molar-refractivity contribution in [1.82, 2.24) is 5.32 Å². The molecule has 0 unspecified atom stereocenters. The third-order valence-electron chi connectivity index (χ3n) is 3.52. The number of carbonyl (C=O) groups is 1. The number of halogens is 1. The van der Waals surface area contributed by atoms with Gasteiger partial charge >= 0.3 is 0 Å². The lowest BCUT2D eigenvalue weighted by Crippen LogP contribution is -2.32. The van der Waals surface area contributed by atoms with Gasteiger partial charge in [-0.15, -0.1) is 0 Å². The van der Waals surface area contributed by atoms with E-state index in [0.29, 0.717) is 5.02 Å². The summed E-state index contributed by atoms with van der Waals surface area (Å²) in [5.74, 6) is 0.0747. The number of hydrogen-bond donors (Lipinski definition) is 2. The summed E-state index contributed by atoms with van der Waals surface area (Å²) in [6.45, 7) is 4.68. The van der Waals surface area contributed by atoms with E-state index in [9.17, 15) is 4.79 Å². The fourth-order valence-corrected chi connectivity index (χ4v) is 2.66. The first-order valence-electron chi connectivity index (χ1n) is 6.21. The second-order valence-corrected chi connectivity index (χ2v) is 5.61. The lowest BCUT2D eigenvalue weighted by atomic mass is 10.1. The zero-order chi connectivity index (χ0) is 13.3. The van der Waals surface area contributed by atoms with Crippen molar-refractivity contribution in [2.24, 2.45) is 5.41 Å². The lowest BCUT2D eigenvalue weighted by Gasteiger charge is -2.17. The molecule has 0 aliphatic heterocycles. The van der Waals surface area contributed by atoms with Crippen molar-refractivity contribution in [2.75, 3.05) is 18.9 Å². The molecule has 0 aromatic heterocycles. The van der Waals surface area contributed by atoms with Crippen molar-refractivity contribution in [3.8, 4) is 0 Å². The number of amides is 1. The number of aryl methyl sites for hydroxylation is 2. The van der Waals surface area contributed by atoms with Crippen LogP contribution in [0.3, 0.4) is 0 Å². The van der Waals surface area contributed by atoms with Gasteiger partial charge in [-0.2, -0.15) is 0 Å². The summed E-state index contributed by atoms with van der Waals surface area (Å²) in [7, 11) is 1.87. The van der Waals surface area contributed by atoms with E-state index in [2.05, 4.69) is 10.6 Å². The topological polar surface area (TPSA) is 41.1 Å². The van der Waals surface area contributed by atoms with Crippen LogP contribution in [-0.4, -0.2) is 19.5 Å². The first-order valence-corrected chi connectivity index (χ1v) is 6.59. The van der Waals surface area contributed by atoms with Crippen LogP contribution in [-0.2, 0) is 4.79 Å².